The van der Waals surface area contributed by atoms with E-state index in [0.717, 1.165) is 6.07 Å². The van der Waals surface area contributed by atoms with Crippen molar-refractivity contribution in [3.8, 4) is 0 Å². The second-order valence-electron chi connectivity index (χ2n) is 3.70. The van der Waals surface area contributed by atoms with E-state index in [-0.39, 0.29) is 16.3 Å². The third kappa shape index (κ3) is 2.71. The summed E-state index contributed by atoms with van der Waals surface area (Å²) in [5, 5.41) is 14.9. The van der Waals surface area contributed by atoms with Gasteiger partial charge < -0.3 is 5.11 Å². The molecule has 0 amide bonds. The molecule has 19 heavy (non-hydrogen) atoms. The van der Waals surface area contributed by atoms with E-state index in [9.17, 15) is 13.2 Å². The third-order valence-corrected chi connectivity index (χ3v) is 3.79. The van der Waals surface area contributed by atoms with E-state index >= 15 is 0 Å². The number of aromatic nitrogens is 3. The van der Waals surface area contributed by atoms with Gasteiger partial charge in [0, 0.05) is 6.20 Å². The number of pyridine rings is 1. The zero-order chi connectivity index (χ0) is 14.0. The van der Waals surface area contributed by atoms with Crippen LogP contribution in [0.2, 0.25) is 0 Å². The molecule has 0 unspecified atom stereocenters. The molecule has 0 aliphatic rings. The highest BCUT2D eigenvalue weighted by molar-refractivity contribution is 7.92. The molecule has 8 nitrogen and oxygen atoms in total. The van der Waals surface area contributed by atoms with Gasteiger partial charge >= 0.3 is 5.97 Å². The number of aromatic amines is 1. The molecule has 100 valence electrons. The number of hydrogen-bond donors (Lipinski definition) is 3. The number of carboxylic acid groups (broad SMARTS) is 1. The van der Waals surface area contributed by atoms with Gasteiger partial charge in [-0.2, -0.15) is 5.10 Å². The maximum Gasteiger partial charge on any atom is 0.335 e. The normalized spacial score (nSPS) is 11.2. The zero-order valence-electron chi connectivity index (χ0n) is 9.78. The van der Waals surface area contributed by atoms with Crippen molar-refractivity contribution in [2.75, 3.05) is 4.72 Å². The van der Waals surface area contributed by atoms with Gasteiger partial charge in [0.25, 0.3) is 10.0 Å². The number of carbonyl (C=O) groups is 1. The largest absolute Gasteiger partial charge is 0.478 e. The average Bonchev–Trinajstić information content (AvgIpc) is 2.76. The van der Waals surface area contributed by atoms with E-state index in [1.165, 1.54) is 18.5 Å². The summed E-state index contributed by atoms with van der Waals surface area (Å²) in [4.78, 5) is 14.5. The lowest BCUT2D eigenvalue weighted by molar-refractivity contribution is 0.0697. The third-order valence-electron chi connectivity index (χ3n) is 2.32. The first-order valence-corrected chi connectivity index (χ1v) is 6.60. The van der Waals surface area contributed by atoms with Crippen molar-refractivity contribution >= 4 is 21.8 Å². The molecule has 3 N–H and O–H groups in total. The lowest BCUT2D eigenvalue weighted by Gasteiger charge is -2.06. The highest BCUT2D eigenvalue weighted by Gasteiger charge is 2.19. The Bertz CT molecular complexity index is 723. The molecule has 2 aromatic heterocycles. The molecule has 2 heterocycles. The molecule has 0 bridgehead atoms. The van der Waals surface area contributed by atoms with Crippen molar-refractivity contribution in [2.45, 2.75) is 11.8 Å². The average molecular weight is 282 g/mol. The minimum absolute atomic E-state index is 0.0185. The Labute approximate surface area is 108 Å². The van der Waals surface area contributed by atoms with Crippen LogP contribution in [0, 0.1) is 6.92 Å². The number of aryl methyl sites for hydroxylation is 1. The Morgan fingerprint density at radius 2 is 2.21 bits per heavy atom. The van der Waals surface area contributed by atoms with Gasteiger partial charge in [-0.15, -0.1) is 0 Å². The molecule has 0 aliphatic carbocycles. The summed E-state index contributed by atoms with van der Waals surface area (Å²) < 4.78 is 26.2. The standard InChI is InChI=1S/C10H10N4O4S/c1-6-8(5-12-13-6)19(17,18)14-9-4-7(10(15)16)2-3-11-9/h2-5H,1H3,(H,11,14)(H,12,13)(H,15,16). The molecule has 0 radical (unpaired) electrons. The molecule has 0 aromatic carbocycles. The fourth-order valence-electron chi connectivity index (χ4n) is 1.42. The number of H-pyrrole nitrogens is 1. The maximum absolute atomic E-state index is 12.0. The highest BCUT2D eigenvalue weighted by Crippen LogP contribution is 2.16. The van der Waals surface area contributed by atoms with Crippen LogP contribution in [0.3, 0.4) is 0 Å². The van der Waals surface area contributed by atoms with Crippen LogP contribution in [0.25, 0.3) is 0 Å². The van der Waals surface area contributed by atoms with Crippen LogP contribution in [-0.4, -0.2) is 34.7 Å². The van der Waals surface area contributed by atoms with Gasteiger partial charge in [0.05, 0.1) is 17.5 Å². The van der Waals surface area contributed by atoms with Gasteiger partial charge in [-0.05, 0) is 19.1 Å². The summed E-state index contributed by atoms with van der Waals surface area (Å²) in [5.41, 5.74) is 0.318. The first kappa shape index (κ1) is 13.0. The lowest BCUT2D eigenvalue weighted by atomic mass is 10.3. The first-order chi connectivity index (χ1) is 8.90. The van der Waals surface area contributed by atoms with Gasteiger partial charge in [0.1, 0.15) is 10.7 Å². The number of carboxylic acids is 1. The number of rotatable bonds is 4. The van der Waals surface area contributed by atoms with Crippen LogP contribution in [0.1, 0.15) is 16.1 Å². The van der Waals surface area contributed by atoms with Crippen LogP contribution in [0.15, 0.2) is 29.4 Å². The maximum atomic E-state index is 12.0. The van der Waals surface area contributed by atoms with Gasteiger partial charge in [-0.25, -0.2) is 18.2 Å². The first-order valence-electron chi connectivity index (χ1n) is 5.12. The van der Waals surface area contributed by atoms with Crippen LogP contribution in [-0.2, 0) is 10.0 Å². The van der Waals surface area contributed by atoms with Crippen molar-refractivity contribution in [1.82, 2.24) is 15.2 Å². The van der Waals surface area contributed by atoms with Gasteiger partial charge in [0.15, 0.2) is 0 Å². The summed E-state index contributed by atoms with van der Waals surface area (Å²) in [6.07, 6.45) is 2.38. The van der Waals surface area contributed by atoms with E-state index < -0.39 is 16.0 Å². The van der Waals surface area contributed by atoms with Crippen molar-refractivity contribution in [2.24, 2.45) is 0 Å². The molecule has 0 aliphatic heterocycles. The molecule has 0 atom stereocenters. The molecule has 9 heteroatoms. The second kappa shape index (κ2) is 4.69. The fraction of sp³-hybridized carbons (Fsp3) is 0.100. The summed E-state index contributed by atoms with van der Waals surface area (Å²) >= 11 is 0. The number of aromatic carboxylic acids is 1. The SMILES string of the molecule is Cc1[nH]ncc1S(=O)(=O)Nc1cc(C(=O)O)ccn1. The predicted molar refractivity (Wildman–Crippen MR) is 65.3 cm³/mol. The van der Waals surface area contributed by atoms with Crippen molar-refractivity contribution in [3.63, 3.8) is 0 Å². The number of hydrogen-bond acceptors (Lipinski definition) is 5. The van der Waals surface area contributed by atoms with Crippen molar-refractivity contribution in [1.29, 1.82) is 0 Å². The molecular formula is C10H10N4O4S. The Morgan fingerprint density at radius 3 is 2.79 bits per heavy atom. The molecule has 0 saturated carbocycles. The van der Waals surface area contributed by atoms with Crippen LogP contribution in [0.5, 0.6) is 0 Å². The number of nitrogens with zero attached hydrogens (tertiary/aromatic N) is 2. The Balaban J connectivity index is 2.34. The van der Waals surface area contributed by atoms with Crippen molar-refractivity contribution < 1.29 is 18.3 Å². The minimum atomic E-state index is -3.84. The lowest BCUT2D eigenvalue weighted by Crippen LogP contribution is -2.14. The second-order valence-corrected chi connectivity index (χ2v) is 5.35. The molecular weight excluding hydrogens is 272 g/mol. The highest BCUT2D eigenvalue weighted by atomic mass is 32.2. The fourth-order valence-corrected chi connectivity index (χ4v) is 2.56. The Hall–Kier alpha value is -2.42. The van der Waals surface area contributed by atoms with Gasteiger partial charge in [-0.1, -0.05) is 0 Å². The molecule has 2 aromatic rings. The van der Waals surface area contributed by atoms with Gasteiger partial charge in [-0.3, -0.25) is 9.82 Å². The summed E-state index contributed by atoms with van der Waals surface area (Å²) in [6, 6.07) is 2.40. The van der Waals surface area contributed by atoms with E-state index in [1.807, 2.05) is 0 Å². The smallest absolute Gasteiger partial charge is 0.335 e. The van der Waals surface area contributed by atoms with E-state index in [4.69, 9.17) is 5.11 Å². The molecule has 2 rings (SSSR count). The van der Waals surface area contributed by atoms with Crippen LogP contribution in [0.4, 0.5) is 5.82 Å². The summed E-state index contributed by atoms with van der Waals surface area (Å²) in [6.45, 7) is 1.56. The Morgan fingerprint density at radius 1 is 1.47 bits per heavy atom. The summed E-state index contributed by atoms with van der Waals surface area (Å²) in [7, 11) is -3.84. The van der Waals surface area contributed by atoms with E-state index in [1.54, 1.807) is 6.92 Å². The van der Waals surface area contributed by atoms with E-state index in [0.29, 0.717) is 5.69 Å². The Kier molecular flexibility index (Phi) is 3.21. The quantitative estimate of drug-likeness (QED) is 0.754. The number of nitrogens with one attached hydrogen (secondary N) is 2. The molecule has 0 spiro atoms. The predicted octanol–water partition coefficient (Wildman–Crippen LogP) is 0.612. The molecule has 0 saturated heterocycles. The summed E-state index contributed by atoms with van der Waals surface area (Å²) in [5.74, 6) is -1.23. The van der Waals surface area contributed by atoms with Crippen LogP contribution < -0.4 is 4.72 Å². The topological polar surface area (TPSA) is 125 Å². The van der Waals surface area contributed by atoms with Gasteiger partial charge in [0.2, 0.25) is 0 Å². The van der Waals surface area contributed by atoms with Crippen molar-refractivity contribution in [3.05, 3.63) is 35.8 Å². The van der Waals surface area contributed by atoms with E-state index in [2.05, 4.69) is 19.9 Å². The molecule has 0 fully saturated rings. The number of anilines is 1. The van der Waals surface area contributed by atoms with Crippen LogP contribution >= 0.6 is 0 Å². The number of sulfonamides is 1. The monoisotopic (exact) mass is 282 g/mol. The minimum Gasteiger partial charge on any atom is -0.478 e. The zero-order valence-corrected chi connectivity index (χ0v) is 10.6.